The number of cyclic esters (lactones) is 1. The van der Waals surface area contributed by atoms with Crippen LogP contribution in [0.4, 0.5) is 10.5 Å². The van der Waals surface area contributed by atoms with Gasteiger partial charge < -0.3 is 9.15 Å². The molecule has 3 heterocycles. The Kier molecular flexibility index (Phi) is 5.02. The maximum atomic E-state index is 13.2. The Morgan fingerprint density at radius 3 is 2.53 bits per heavy atom. The largest absolute Gasteiger partial charge is 0.444 e. The minimum Gasteiger partial charge on any atom is -0.444 e. The van der Waals surface area contributed by atoms with E-state index in [0.717, 1.165) is 16.8 Å². The van der Waals surface area contributed by atoms with Crippen molar-refractivity contribution in [3.63, 3.8) is 0 Å². The molecule has 0 spiro atoms. The Labute approximate surface area is 185 Å². The molecular formula is C23H22N2O6S. The van der Waals surface area contributed by atoms with Crippen molar-refractivity contribution < 1.29 is 22.4 Å². The normalized spacial score (nSPS) is 17.9. The molecule has 8 nitrogen and oxygen atoms in total. The maximum Gasteiger partial charge on any atom is 0.414 e. The number of hydrogen-bond donors (Lipinski definition) is 0. The smallest absolute Gasteiger partial charge is 0.414 e. The van der Waals surface area contributed by atoms with Crippen LogP contribution in [0.1, 0.15) is 24.0 Å². The number of fused-ring (bicyclic) bond motifs is 2. The Morgan fingerprint density at radius 2 is 1.75 bits per heavy atom. The summed E-state index contributed by atoms with van der Waals surface area (Å²) in [5, 5.41) is 0.545. The van der Waals surface area contributed by atoms with Crippen LogP contribution >= 0.6 is 0 Å². The van der Waals surface area contributed by atoms with Crippen molar-refractivity contribution in [1.29, 1.82) is 0 Å². The van der Waals surface area contributed by atoms with E-state index in [1.807, 2.05) is 25.1 Å². The standard InChI is InChI=1S/C23H22N2O6S/c1-15-2-5-20-17(12-15)14-30-23(27)25(20)18-8-10-24(11-9-18)32(28,29)19-4-6-21-16(13-19)3-7-22(26)31-21/h2-7,12-13,18H,8-11,14H2,1H3. The second kappa shape index (κ2) is 7.75. The van der Waals surface area contributed by atoms with Crippen LogP contribution in [0.3, 0.4) is 0 Å². The van der Waals surface area contributed by atoms with Crippen molar-refractivity contribution >= 4 is 32.8 Å². The summed E-state index contributed by atoms with van der Waals surface area (Å²) in [6, 6.07) is 13.0. The number of amides is 1. The fraction of sp³-hybridized carbons (Fsp3) is 0.304. The summed E-state index contributed by atoms with van der Waals surface area (Å²) in [4.78, 5) is 25.7. The van der Waals surface area contributed by atoms with E-state index in [0.29, 0.717) is 36.9 Å². The number of nitrogens with zero attached hydrogens (tertiary/aromatic N) is 2. The fourth-order valence-corrected chi connectivity index (χ4v) is 5.92. The lowest BCUT2D eigenvalue weighted by Crippen LogP contribution is -2.50. The highest BCUT2D eigenvalue weighted by molar-refractivity contribution is 7.89. The highest BCUT2D eigenvalue weighted by Gasteiger charge is 2.37. The maximum absolute atomic E-state index is 13.2. The van der Waals surface area contributed by atoms with Crippen molar-refractivity contribution in [1.82, 2.24) is 4.31 Å². The van der Waals surface area contributed by atoms with Gasteiger partial charge in [-0.2, -0.15) is 4.31 Å². The Bertz CT molecular complexity index is 1370. The Balaban J connectivity index is 1.36. The molecule has 2 aliphatic rings. The third-order valence-electron chi connectivity index (χ3n) is 6.06. The summed E-state index contributed by atoms with van der Waals surface area (Å²) in [6.07, 6.45) is 0.618. The lowest BCUT2D eigenvalue weighted by Gasteiger charge is -2.39. The lowest BCUT2D eigenvalue weighted by atomic mass is 10.0. The first-order valence-electron chi connectivity index (χ1n) is 10.4. The third kappa shape index (κ3) is 3.57. The molecule has 0 radical (unpaired) electrons. The van der Waals surface area contributed by atoms with Crippen LogP contribution in [0.2, 0.25) is 0 Å². The van der Waals surface area contributed by atoms with E-state index < -0.39 is 21.7 Å². The van der Waals surface area contributed by atoms with Crippen molar-refractivity contribution in [3.05, 3.63) is 70.1 Å². The van der Waals surface area contributed by atoms with E-state index in [-0.39, 0.29) is 17.5 Å². The van der Waals surface area contributed by atoms with Crippen LogP contribution < -0.4 is 10.5 Å². The number of sulfonamides is 1. The van der Waals surface area contributed by atoms with Crippen LogP contribution in [0.25, 0.3) is 11.0 Å². The van der Waals surface area contributed by atoms with E-state index in [1.54, 1.807) is 11.0 Å². The number of carbonyl (C=O) groups excluding carboxylic acids is 1. The summed E-state index contributed by atoms with van der Waals surface area (Å²) in [5.41, 5.74) is 2.75. The van der Waals surface area contributed by atoms with Crippen molar-refractivity contribution in [3.8, 4) is 0 Å². The average Bonchev–Trinajstić information content (AvgIpc) is 2.79. The molecule has 2 aliphatic heterocycles. The molecule has 9 heteroatoms. The molecular weight excluding hydrogens is 432 g/mol. The molecule has 1 aromatic heterocycles. The van der Waals surface area contributed by atoms with Crippen LogP contribution in [-0.2, 0) is 21.4 Å². The van der Waals surface area contributed by atoms with Gasteiger partial charge in [-0.25, -0.2) is 18.0 Å². The van der Waals surface area contributed by atoms with Gasteiger partial charge >= 0.3 is 11.7 Å². The summed E-state index contributed by atoms with van der Waals surface area (Å²) < 4.78 is 38.3. The summed E-state index contributed by atoms with van der Waals surface area (Å²) in [6.45, 7) is 2.83. The number of aryl methyl sites for hydroxylation is 1. The zero-order valence-corrected chi connectivity index (χ0v) is 18.3. The molecule has 0 saturated carbocycles. The second-order valence-electron chi connectivity index (χ2n) is 8.15. The van der Waals surface area contributed by atoms with E-state index in [2.05, 4.69) is 0 Å². The second-order valence-corrected chi connectivity index (χ2v) is 10.1. The first kappa shape index (κ1) is 20.7. The molecule has 1 amide bonds. The number of piperidine rings is 1. The molecule has 32 heavy (non-hydrogen) atoms. The summed E-state index contributed by atoms with van der Waals surface area (Å²) in [5.74, 6) is 0. The summed E-state index contributed by atoms with van der Waals surface area (Å²) >= 11 is 0. The van der Waals surface area contributed by atoms with Gasteiger partial charge in [-0.05, 0) is 50.1 Å². The Morgan fingerprint density at radius 1 is 0.969 bits per heavy atom. The van der Waals surface area contributed by atoms with Gasteiger partial charge in [0, 0.05) is 36.1 Å². The SMILES string of the molecule is Cc1ccc2c(c1)COC(=O)N2C1CCN(S(=O)(=O)c2ccc3oc(=O)ccc3c2)CC1. The molecule has 2 aromatic carbocycles. The monoisotopic (exact) mass is 454 g/mol. The van der Waals surface area contributed by atoms with Crippen LogP contribution in [0.5, 0.6) is 0 Å². The van der Waals surface area contributed by atoms with Crippen molar-refractivity contribution in [2.24, 2.45) is 0 Å². The van der Waals surface area contributed by atoms with Gasteiger partial charge in [-0.15, -0.1) is 0 Å². The molecule has 0 bridgehead atoms. The third-order valence-corrected chi connectivity index (χ3v) is 7.95. The topological polar surface area (TPSA) is 97.1 Å². The molecule has 0 atom stereocenters. The van der Waals surface area contributed by atoms with Crippen LogP contribution in [0.15, 0.2) is 62.6 Å². The number of benzene rings is 2. The van der Waals surface area contributed by atoms with Gasteiger partial charge in [0.1, 0.15) is 12.2 Å². The number of anilines is 1. The zero-order valence-electron chi connectivity index (χ0n) is 17.5. The van der Waals surface area contributed by atoms with E-state index in [1.165, 1.54) is 28.6 Å². The average molecular weight is 455 g/mol. The van der Waals surface area contributed by atoms with Gasteiger partial charge in [0.25, 0.3) is 0 Å². The first-order chi connectivity index (χ1) is 15.3. The number of rotatable bonds is 3. The first-order valence-corrected chi connectivity index (χ1v) is 11.9. The van der Waals surface area contributed by atoms with Crippen molar-refractivity contribution in [2.45, 2.75) is 37.3 Å². The molecule has 0 unspecified atom stereocenters. The summed E-state index contributed by atoms with van der Waals surface area (Å²) in [7, 11) is -3.72. The molecule has 3 aromatic rings. The highest BCUT2D eigenvalue weighted by atomic mass is 32.2. The van der Waals surface area contributed by atoms with Crippen LogP contribution in [0, 0.1) is 6.92 Å². The molecule has 0 N–H and O–H groups in total. The van der Waals surface area contributed by atoms with Gasteiger partial charge in [-0.3, -0.25) is 4.90 Å². The fourth-order valence-electron chi connectivity index (χ4n) is 4.42. The molecule has 5 rings (SSSR count). The van der Waals surface area contributed by atoms with Gasteiger partial charge in [-0.1, -0.05) is 17.7 Å². The minimum absolute atomic E-state index is 0.137. The number of ether oxygens (including phenoxy) is 1. The molecule has 1 fully saturated rings. The minimum atomic E-state index is -3.72. The van der Waals surface area contributed by atoms with E-state index >= 15 is 0 Å². The van der Waals surface area contributed by atoms with Crippen LogP contribution in [-0.4, -0.2) is 37.9 Å². The zero-order chi connectivity index (χ0) is 22.5. The molecule has 1 saturated heterocycles. The van der Waals surface area contributed by atoms with Crippen molar-refractivity contribution in [2.75, 3.05) is 18.0 Å². The molecule has 166 valence electrons. The number of carbonyl (C=O) groups is 1. The Hall–Kier alpha value is -3.17. The lowest BCUT2D eigenvalue weighted by molar-refractivity contribution is 0.135. The van der Waals surface area contributed by atoms with Gasteiger partial charge in [0.2, 0.25) is 10.0 Å². The molecule has 0 aliphatic carbocycles. The highest BCUT2D eigenvalue weighted by Crippen LogP contribution is 2.33. The predicted octanol–water partition coefficient (Wildman–Crippen LogP) is 3.41. The predicted molar refractivity (Wildman–Crippen MR) is 118 cm³/mol. The van der Waals surface area contributed by atoms with Gasteiger partial charge in [0.15, 0.2) is 0 Å². The quantitative estimate of drug-likeness (QED) is 0.563. The van der Waals surface area contributed by atoms with E-state index in [9.17, 15) is 18.0 Å². The van der Waals surface area contributed by atoms with Gasteiger partial charge in [0.05, 0.1) is 10.6 Å². The number of hydrogen-bond acceptors (Lipinski definition) is 6. The van der Waals surface area contributed by atoms with E-state index in [4.69, 9.17) is 9.15 Å².